The summed E-state index contributed by atoms with van der Waals surface area (Å²) in [7, 11) is 0. The molecule has 128 valence electrons. The number of nitrogens with zero attached hydrogens (tertiary/aromatic N) is 4. The van der Waals surface area contributed by atoms with Crippen molar-refractivity contribution in [3.63, 3.8) is 0 Å². The van der Waals surface area contributed by atoms with E-state index in [-0.39, 0.29) is 17.9 Å². The lowest BCUT2D eigenvalue weighted by Gasteiger charge is -2.39. The lowest BCUT2D eigenvalue weighted by Crippen LogP contribution is -2.46. The highest BCUT2D eigenvalue weighted by Crippen LogP contribution is 2.36. The van der Waals surface area contributed by atoms with Crippen molar-refractivity contribution in [2.45, 2.75) is 44.6 Å². The minimum atomic E-state index is -0.384. The van der Waals surface area contributed by atoms with Crippen molar-refractivity contribution >= 4 is 0 Å². The molecule has 2 aromatic heterocycles. The Labute approximate surface area is 141 Å². The molecule has 1 spiro atoms. The topological polar surface area (TPSA) is 73.5 Å². The lowest BCUT2D eigenvalue weighted by atomic mass is 10.0. The third kappa shape index (κ3) is 2.94. The first-order valence-electron chi connectivity index (χ1n) is 8.45. The van der Waals surface area contributed by atoms with Crippen LogP contribution < -0.4 is 0 Å². The summed E-state index contributed by atoms with van der Waals surface area (Å²) >= 11 is 0. The van der Waals surface area contributed by atoms with Gasteiger partial charge in [0.25, 0.3) is 0 Å². The van der Waals surface area contributed by atoms with Gasteiger partial charge in [-0.2, -0.15) is 4.98 Å². The quantitative estimate of drug-likeness (QED) is 0.855. The molecular formula is C17H22N4O3. The number of pyridine rings is 1. The zero-order chi connectivity index (χ0) is 16.6. The van der Waals surface area contributed by atoms with Crippen LogP contribution in [-0.4, -0.2) is 51.6 Å². The van der Waals surface area contributed by atoms with Gasteiger partial charge < -0.3 is 14.0 Å². The fraction of sp³-hybridized carbons (Fsp3) is 0.588. The van der Waals surface area contributed by atoms with E-state index in [1.54, 1.807) is 12.4 Å². The zero-order valence-corrected chi connectivity index (χ0v) is 14.0. The van der Waals surface area contributed by atoms with E-state index in [1.165, 1.54) is 0 Å². The first-order valence-corrected chi connectivity index (χ1v) is 8.45. The average molecular weight is 330 g/mol. The number of hydrogen-bond donors (Lipinski definition) is 0. The third-order valence-electron chi connectivity index (χ3n) is 4.82. The maximum atomic E-state index is 5.98. The zero-order valence-electron chi connectivity index (χ0n) is 14.0. The highest BCUT2D eigenvalue weighted by Gasteiger charge is 2.43. The summed E-state index contributed by atoms with van der Waals surface area (Å²) in [6, 6.07) is 3.85. The van der Waals surface area contributed by atoms with Crippen molar-refractivity contribution in [2.24, 2.45) is 0 Å². The number of hydrogen-bond acceptors (Lipinski definition) is 7. The highest BCUT2D eigenvalue weighted by atomic mass is 16.7. The number of likely N-dealkylation sites (tertiary alicyclic amines) is 1. The van der Waals surface area contributed by atoms with Gasteiger partial charge in [-0.15, -0.1) is 0 Å². The number of ether oxygens (including phenoxy) is 2. The molecule has 4 heterocycles. The van der Waals surface area contributed by atoms with Crippen LogP contribution in [0.25, 0.3) is 11.4 Å². The second-order valence-corrected chi connectivity index (χ2v) is 6.56. The van der Waals surface area contributed by atoms with Crippen LogP contribution in [0.3, 0.4) is 0 Å². The molecule has 0 aromatic carbocycles. The third-order valence-corrected chi connectivity index (χ3v) is 4.82. The summed E-state index contributed by atoms with van der Waals surface area (Å²) in [6.07, 6.45) is 5.38. The first kappa shape index (κ1) is 15.7. The van der Waals surface area contributed by atoms with Crippen molar-refractivity contribution in [3.05, 3.63) is 30.4 Å². The van der Waals surface area contributed by atoms with Gasteiger partial charge in [0.05, 0.1) is 18.8 Å². The molecule has 0 bridgehead atoms. The molecule has 2 aromatic rings. The Morgan fingerprint density at radius 2 is 2.17 bits per heavy atom. The Bertz CT molecular complexity index is 682. The summed E-state index contributed by atoms with van der Waals surface area (Å²) in [5.41, 5.74) is 0.860. The maximum Gasteiger partial charge on any atom is 0.244 e. The van der Waals surface area contributed by atoms with Crippen LogP contribution in [0.15, 0.2) is 29.0 Å². The predicted molar refractivity (Wildman–Crippen MR) is 86.0 cm³/mol. The molecule has 7 heteroatoms. The monoisotopic (exact) mass is 330 g/mol. The summed E-state index contributed by atoms with van der Waals surface area (Å²) in [4.78, 5) is 11.0. The van der Waals surface area contributed by atoms with E-state index >= 15 is 0 Å². The predicted octanol–water partition coefficient (Wildman–Crippen LogP) is 2.42. The van der Waals surface area contributed by atoms with Crippen molar-refractivity contribution in [1.29, 1.82) is 0 Å². The number of rotatable bonds is 3. The molecule has 24 heavy (non-hydrogen) atoms. The van der Waals surface area contributed by atoms with Crippen LogP contribution in [0.1, 0.15) is 38.6 Å². The highest BCUT2D eigenvalue weighted by molar-refractivity contribution is 5.51. The van der Waals surface area contributed by atoms with Crippen LogP contribution in [0.2, 0.25) is 0 Å². The van der Waals surface area contributed by atoms with Gasteiger partial charge in [0.2, 0.25) is 11.7 Å². The maximum absolute atomic E-state index is 5.98. The summed E-state index contributed by atoms with van der Waals surface area (Å²) < 4.78 is 17.3. The van der Waals surface area contributed by atoms with E-state index in [4.69, 9.17) is 14.0 Å². The molecule has 2 aliphatic rings. The second kappa shape index (κ2) is 6.23. The molecule has 2 fully saturated rings. The van der Waals surface area contributed by atoms with Gasteiger partial charge in [-0.05, 0) is 26.0 Å². The molecule has 0 radical (unpaired) electrons. The summed E-state index contributed by atoms with van der Waals surface area (Å²) in [5.74, 6) is 0.826. The minimum Gasteiger partial charge on any atom is -0.347 e. The van der Waals surface area contributed by atoms with Gasteiger partial charge in [0.1, 0.15) is 0 Å². The lowest BCUT2D eigenvalue weighted by molar-refractivity contribution is -0.196. The van der Waals surface area contributed by atoms with E-state index in [2.05, 4.69) is 33.9 Å². The fourth-order valence-corrected chi connectivity index (χ4v) is 3.39. The van der Waals surface area contributed by atoms with Gasteiger partial charge in [0, 0.05) is 43.9 Å². The average Bonchev–Trinajstić information content (AvgIpc) is 3.24. The van der Waals surface area contributed by atoms with Crippen LogP contribution in [0.5, 0.6) is 0 Å². The van der Waals surface area contributed by atoms with Gasteiger partial charge in [-0.3, -0.25) is 9.88 Å². The van der Waals surface area contributed by atoms with E-state index in [0.29, 0.717) is 18.3 Å². The van der Waals surface area contributed by atoms with Crippen molar-refractivity contribution in [1.82, 2.24) is 20.0 Å². The SMILES string of the molecule is C[C@H]1COC2(CCN([C@@H](C)c3nc(-c4cccnc4)no3)CC2)O1. The minimum absolute atomic E-state index is 0.0686. The summed E-state index contributed by atoms with van der Waals surface area (Å²) in [6.45, 7) is 6.62. The van der Waals surface area contributed by atoms with Crippen LogP contribution >= 0.6 is 0 Å². The van der Waals surface area contributed by atoms with Gasteiger partial charge in [-0.1, -0.05) is 5.16 Å². The first-order chi connectivity index (χ1) is 11.7. The fourth-order valence-electron chi connectivity index (χ4n) is 3.39. The van der Waals surface area contributed by atoms with E-state index in [1.807, 2.05) is 12.1 Å². The Balaban J connectivity index is 1.42. The molecule has 4 rings (SSSR count). The molecule has 2 saturated heterocycles. The van der Waals surface area contributed by atoms with E-state index in [0.717, 1.165) is 31.5 Å². The van der Waals surface area contributed by atoms with Gasteiger partial charge >= 0.3 is 0 Å². The standard InChI is InChI=1S/C17H22N4O3/c1-12-11-22-17(23-12)5-8-21(9-6-17)13(2)16-19-15(20-24-16)14-4-3-7-18-10-14/h3-4,7,10,12-13H,5-6,8-9,11H2,1-2H3/t12-,13-/m0/s1. The van der Waals surface area contributed by atoms with Crippen molar-refractivity contribution < 1.29 is 14.0 Å². The molecule has 2 atom stereocenters. The Morgan fingerprint density at radius 1 is 1.33 bits per heavy atom. The Hall–Kier alpha value is -1.83. The molecular weight excluding hydrogens is 308 g/mol. The van der Waals surface area contributed by atoms with Crippen molar-refractivity contribution in [2.75, 3.05) is 19.7 Å². The van der Waals surface area contributed by atoms with Crippen LogP contribution in [0.4, 0.5) is 0 Å². The molecule has 0 unspecified atom stereocenters. The Morgan fingerprint density at radius 3 is 2.83 bits per heavy atom. The second-order valence-electron chi connectivity index (χ2n) is 6.56. The van der Waals surface area contributed by atoms with Gasteiger partial charge in [-0.25, -0.2) is 0 Å². The molecule has 0 N–H and O–H groups in total. The number of aromatic nitrogens is 3. The molecule has 0 aliphatic carbocycles. The smallest absolute Gasteiger partial charge is 0.244 e. The van der Waals surface area contributed by atoms with E-state index in [9.17, 15) is 0 Å². The molecule has 0 amide bonds. The van der Waals surface area contributed by atoms with Crippen LogP contribution in [0, 0.1) is 0 Å². The summed E-state index contributed by atoms with van der Waals surface area (Å²) in [5, 5.41) is 4.08. The number of piperidine rings is 1. The molecule has 0 saturated carbocycles. The molecule has 7 nitrogen and oxygen atoms in total. The van der Waals surface area contributed by atoms with Gasteiger partial charge in [0.15, 0.2) is 5.79 Å². The van der Waals surface area contributed by atoms with Crippen LogP contribution in [-0.2, 0) is 9.47 Å². The normalized spacial score (nSPS) is 25.2. The molecule has 2 aliphatic heterocycles. The van der Waals surface area contributed by atoms with E-state index < -0.39 is 0 Å². The van der Waals surface area contributed by atoms with Crippen molar-refractivity contribution in [3.8, 4) is 11.4 Å². The Kier molecular flexibility index (Phi) is 4.07. The largest absolute Gasteiger partial charge is 0.347 e.